The van der Waals surface area contributed by atoms with Gasteiger partial charge in [-0.2, -0.15) is 4.99 Å². The summed E-state index contributed by atoms with van der Waals surface area (Å²) in [6.45, 7) is 0. The monoisotopic (exact) mass is 624 g/mol. The van der Waals surface area contributed by atoms with Crippen molar-refractivity contribution in [2.24, 2.45) is 10.7 Å². The summed E-state index contributed by atoms with van der Waals surface area (Å²) in [4.78, 5) is 28.8. The molecule has 41 heavy (non-hydrogen) atoms. The highest BCUT2D eigenvalue weighted by atomic mass is 79.9. The third-order valence-electron chi connectivity index (χ3n) is 5.52. The van der Waals surface area contributed by atoms with Crippen LogP contribution in [0.4, 0.5) is 0 Å². The van der Waals surface area contributed by atoms with Crippen molar-refractivity contribution in [3.63, 3.8) is 0 Å². The average molecular weight is 625 g/mol. The number of carbonyl (C=O) groups is 2. The Morgan fingerprint density at radius 2 is 1.44 bits per heavy atom. The third kappa shape index (κ3) is 6.86. The number of aliphatic imine (C=N–C) groups is 1. The molecule has 2 amide bonds. The second-order valence-corrected chi connectivity index (χ2v) is 9.04. The highest BCUT2D eigenvalue weighted by molar-refractivity contribution is 9.10. The lowest BCUT2D eigenvalue weighted by molar-refractivity contribution is 0.0946. The molecule has 212 valence electrons. The van der Waals surface area contributed by atoms with Crippen LogP contribution in [0.1, 0.15) is 21.1 Å². The first-order chi connectivity index (χ1) is 19.7. The molecule has 2 aromatic heterocycles. The molecule has 13 nitrogen and oxygen atoms in total. The van der Waals surface area contributed by atoms with E-state index < -0.39 is 17.8 Å². The van der Waals surface area contributed by atoms with Gasteiger partial charge in [-0.25, -0.2) is 0 Å². The second-order valence-electron chi connectivity index (χ2n) is 8.12. The Kier molecular flexibility index (Phi) is 8.94. The maximum absolute atomic E-state index is 12.5. The number of hydrogen-bond acceptors (Lipinski definition) is 8. The highest BCUT2D eigenvalue weighted by Crippen LogP contribution is 2.35. The predicted octanol–water partition coefficient (Wildman–Crippen LogP) is 3.91. The quantitative estimate of drug-likeness (QED) is 0.115. The van der Waals surface area contributed by atoms with Gasteiger partial charge in [-0.1, -0.05) is 15.9 Å². The molecule has 0 aliphatic rings. The van der Waals surface area contributed by atoms with Gasteiger partial charge in [-0.3, -0.25) is 31.2 Å². The standard InChI is InChI=1S/C27H25BrN6O7/c1-37-15-5-7-19(39-3)17(13-15)21-9-11-23(41-21)25(36)32-27(30)34-33-26(29)31-24(35)22-10-8-20(40-22)16-12-14(28)4-6-18(16)38-2/h4-13H,1-3H3,(H3,29,31,33,35)(H3,30,32,34,36). The Bertz CT molecular complexity index is 1630. The number of guanidine groups is 2. The van der Waals surface area contributed by atoms with Gasteiger partial charge in [-0.15, -0.1) is 0 Å². The zero-order valence-corrected chi connectivity index (χ0v) is 23.6. The Balaban J connectivity index is 1.34. The summed E-state index contributed by atoms with van der Waals surface area (Å²) in [5.41, 5.74) is 11.6. The number of nitrogens with two attached hydrogens (primary N) is 1. The molecule has 0 atom stereocenters. The zero-order chi connectivity index (χ0) is 29.5. The van der Waals surface area contributed by atoms with E-state index in [0.717, 1.165) is 4.47 Å². The summed E-state index contributed by atoms with van der Waals surface area (Å²) >= 11 is 3.39. The van der Waals surface area contributed by atoms with E-state index in [1.165, 1.54) is 33.5 Å². The average Bonchev–Trinajstić information content (AvgIpc) is 3.67. The van der Waals surface area contributed by atoms with Crippen LogP contribution in [0.3, 0.4) is 0 Å². The summed E-state index contributed by atoms with van der Waals surface area (Å²) < 4.78 is 28.0. The number of nitrogens with one attached hydrogen (secondary N) is 4. The second kappa shape index (κ2) is 12.7. The van der Waals surface area contributed by atoms with Crippen molar-refractivity contribution >= 4 is 39.7 Å². The number of hydrazine groups is 1. The number of furan rings is 2. The van der Waals surface area contributed by atoms with Gasteiger partial charge in [0.25, 0.3) is 5.91 Å². The molecule has 2 heterocycles. The fourth-order valence-corrected chi connectivity index (χ4v) is 3.97. The number of ether oxygens (including phenoxy) is 3. The molecule has 0 saturated heterocycles. The van der Waals surface area contributed by atoms with Crippen molar-refractivity contribution in [3.8, 4) is 39.9 Å². The van der Waals surface area contributed by atoms with Crippen LogP contribution in [0.5, 0.6) is 17.2 Å². The van der Waals surface area contributed by atoms with Crippen molar-refractivity contribution in [2.45, 2.75) is 0 Å². The van der Waals surface area contributed by atoms with Crippen LogP contribution in [0.25, 0.3) is 22.6 Å². The van der Waals surface area contributed by atoms with Gasteiger partial charge in [-0.05, 0) is 60.7 Å². The van der Waals surface area contributed by atoms with E-state index in [0.29, 0.717) is 39.9 Å². The Hall–Kier alpha value is -5.24. The normalized spacial score (nSPS) is 11.0. The van der Waals surface area contributed by atoms with Crippen molar-refractivity contribution < 1.29 is 32.6 Å². The molecule has 14 heteroatoms. The highest BCUT2D eigenvalue weighted by Gasteiger charge is 2.18. The van der Waals surface area contributed by atoms with Crippen LogP contribution < -0.4 is 36.1 Å². The fourth-order valence-electron chi connectivity index (χ4n) is 3.61. The van der Waals surface area contributed by atoms with Gasteiger partial charge in [0.15, 0.2) is 11.5 Å². The summed E-state index contributed by atoms with van der Waals surface area (Å²) in [6, 6.07) is 16.6. The number of nitrogens with zero attached hydrogens (tertiary/aromatic N) is 1. The van der Waals surface area contributed by atoms with Gasteiger partial charge in [0.1, 0.15) is 28.8 Å². The number of hydrogen-bond donors (Lipinski definition) is 5. The summed E-state index contributed by atoms with van der Waals surface area (Å²) in [5.74, 6) is -0.0829. The first kappa shape index (κ1) is 28.8. The van der Waals surface area contributed by atoms with Crippen molar-refractivity contribution in [2.75, 3.05) is 21.3 Å². The van der Waals surface area contributed by atoms with Crippen LogP contribution in [-0.2, 0) is 0 Å². The Morgan fingerprint density at radius 1 is 0.829 bits per heavy atom. The summed E-state index contributed by atoms with van der Waals surface area (Å²) in [5, 5.41) is 10.2. The lowest BCUT2D eigenvalue weighted by Gasteiger charge is -2.10. The minimum absolute atomic E-state index is 0.0494. The zero-order valence-electron chi connectivity index (χ0n) is 22.0. The maximum Gasteiger partial charge on any atom is 0.315 e. The van der Waals surface area contributed by atoms with Crippen molar-refractivity contribution in [3.05, 3.63) is 76.7 Å². The van der Waals surface area contributed by atoms with Crippen molar-refractivity contribution in [1.82, 2.24) is 16.2 Å². The predicted molar refractivity (Wildman–Crippen MR) is 153 cm³/mol. The number of methoxy groups -OCH3 is 3. The molecule has 6 N–H and O–H groups in total. The lowest BCUT2D eigenvalue weighted by Crippen LogP contribution is -2.51. The van der Waals surface area contributed by atoms with Crippen LogP contribution in [-0.4, -0.2) is 45.1 Å². The van der Waals surface area contributed by atoms with E-state index >= 15 is 0 Å². The number of benzene rings is 2. The van der Waals surface area contributed by atoms with Gasteiger partial charge in [0, 0.05) is 4.47 Å². The number of carbonyl (C=O) groups excluding carboxylic acids is 2. The van der Waals surface area contributed by atoms with E-state index in [1.807, 2.05) is 6.07 Å². The van der Waals surface area contributed by atoms with Gasteiger partial charge < -0.3 is 28.8 Å². The molecule has 0 saturated carbocycles. The van der Waals surface area contributed by atoms with Gasteiger partial charge in [0.05, 0.1) is 32.5 Å². The molecule has 4 aromatic rings. The van der Waals surface area contributed by atoms with Crippen LogP contribution in [0.15, 0.2) is 79.0 Å². The molecule has 0 unspecified atom stereocenters. The summed E-state index contributed by atoms with van der Waals surface area (Å²) in [7, 11) is 4.57. The molecular formula is C27H25BrN6O7. The van der Waals surface area contributed by atoms with Crippen LogP contribution >= 0.6 is 15.9 Å². The maximum atomic E-state index is 12.5. The fraction of sp³-hybridized carbons (Fsp3) is 0.111. The minimum atomic E-state index is -0.786. The van der Waals surface area contributed by atoms with E-state index in [9.17, 15) is 9.59 Å². The smallest absolute Gasteiger partial charge is 0.315 e. The third-order valence-corrected chi connectivity index (χ3v) is 6.02. The minimum Gasteiger partial charge on any atom is -0.497 e. The topological polar surface area (TPSA) is 186 Å². The Labute approximate surface area is 242 Å². The van der Waals surface area contributed by atoms with Crippen molar-refractivity contribution in [1.29, 1.82) is 5.41 Å². The largest absolute Gasteiger partial charge is 0.497 e. The van der Waals surface area contributed by atoms with Gasteiger partial charge >= 0.3 is 5.91 Å². The molecule has 2 aromatic carbocycles. The molecule has 0 spiro atoms. The van der Waals surface area contributed by atoms with E-state index in [4.69, 9.17) is 34.2 Å². The molecule has 0 aliphatic carbocycles. The molecule has 0 fully saturated rings. The number of amides is 2. The first-order valence-electron chi connectivity index (χ1n) is 11.8. The number of rotatable bonds is 7. The Morgan fingerprint density at radius 3 is 2.10 bits per heavy atom. The molecular weight excluding hydrogens is 600 g/mol. The summed E-state index contributed by atoms with van der Waals surface area (Å²) in [6.07, 6.45) is 0. The number of halogens is 1. The molecule has 0 bridgehead atoms. The van der Waals surface area contributed by atoms with Crippen LogP contribution in [0, 0.1) is 5.41 Å². The lowest BCUT2D eigenvalue weighted by atomic mass is 10.1. The molecule has 0 aliphatic heterocycles. The van der Waals surface area contributed by atoms with E-state index in [1.54, 1.807) is 42.5 Å². The molecule has 0 radical (unpaired) electrons. The van der Waals surface area contributed by atoms with E-state index in [-0.39, 0.29) is 17.5 Å². The SMILES string of the molecule is COc1ccc(OC)c(-c2ccc(C(=O)N=C(N)NNC(=N)NC(=O)c3ccc(-c4cc(Br)ccc4OC)o3)o2)c1. The van der Waals surface area contributed by atoms with Gasteiger partial charge in [0.2, 0.25) is 11.9 Å². The first-order valence-corrected chi connectivity index (χ1v) is 12.6. The van der Waals surface area contributed by atoms with Crippen LogP contribution in [0.2, 0.25) is 0 Å². The van der Waals surface area contributed by atoms with E-state index in [2.05, 4.69) is 37.1 Å². The molecule has 4 rings (SSSR count).